The average Bonchev–Trinajstić information content (AvgIpc) is 2.58. The second-order valence-corrected chi connectivity index (χ2v) is 6.59. The van der Waals surface area contributed by atoms with Gasteiger partial charge in [0.05, 0.1) is 11.0 Å². The molecule has 0 spiro atoms. The van der Waals surface area contributed by atoms with Crippen LogP contribution in [0.1, 0.15) is 35.8 Å². The number of amides is 1. The number of rotatable bonds is 3. The van der Waals surface area contributed by atoms with Crippen molar-refractivity contribution in [3.05, 3.63) is 69.5 Å². The highest BCUT2D eigenvalue weighted by Gasteiger charge is 2.44. The third-order valence-corrected chi connectivity index (χ3v) is 4.33. The second-order valence-electron chi connectivity index (χ2n) is 6.59. The molecule has 2 atom stereocenters. The van der Waals surface area contributed by atoms with Crippen LogP contribution in [-0.4, -0.2) is 27.6 Å². The summed E-state index contributed by atoms with van der Waals surface area (Å²) in [6.45, 7) is 3.30. The van der Waals surface area contributed by atoms with Crippen molar-refractivity contribution in [1.29, 1.82) is 0 Å². The molecule has 0 unspecified atom stereocenters. The largest absolute Gasteiger partial charge is 0.485 e. The Balaban J connectivity index is 1.99. The molecule has 0 aliphatic carbocycles. The molecule has 0 radical (unpaired) electrons. The Morgan fingerprint density at radius 1 is 1.27 bits per heavy atom. The number of nitrogens with zero attached hydrogens (tertiary/aromatic N) is 1. The summed E-state index contributed by atoms with van der Waals surface area (Å²) in [6.07, 6.45) is -1.15. The molecule has 2 aromatic carbocycles. The van der Waals surface area contributed by atoms with E-state index in [-0.39, 0.29) is 11.3 Å². The van der Waals surface area contributed by atoms with Gasteiger partial charge >= 0.3 is 0 Å². The van der Waals surface area contributed by atoms with Crippen LogP contribution < -0.4 is 10.1 Å². The molecule has 1 heterocycles. The first-order valence-electron chi connectivity index (χ1n) is 7.91. The topological polar surface area (TPSA) is 102 Å². The highest BCUT2D eigenvalue weighted by atomic mass is 19.1. The van der Waals surface area contributed by atoms with E-state index >= 15 is 0 Å². The quantitative estimate of drug-likeness (QED) is 0.647. The number of nitro benzene ring substituents is 1. The minimum atomic E-state index is -1.15. The van der Waals surface area contributed by atoms with Crippen molar-refractivity contribution in [2.75, 3.05) is 0 Å². The predicted molar refractivity (Wildman–Crippen MR) is 90.4 cm³/mol. The van der Waals surface area contributed by atoms with E-state index in [9.17, 15) is 24.4 Å². The minimum Gasteiger partial charge on any atom is -0.485 e. The fraction of sp³-hybridized carbons (Fsp3) is 0.278. The molecule has 0 fully saturated rings. The third kappa shape index (κ3) is 3.23. The number of hydrogen-bond donors (Lipinski definition) is 2. The van der Waals surface area contributed by atoms with Gasteiger partial charge in [0.15, 0.2) is 0 Å². The van der Waals surface area contributed by atoms with Crippen LogP contribution in [0.4, 0.5) is 10.1 Å². The smallest absolute Gasteiger partial charge is 0.270 e. The lowest BCUT2D eigenvalue weighted by atomic mass is 9.86. The number of ether oxygens (including phenoxy) is 1. The number of aliphatic hydroxyl groups is 1. The highest BCUT2D eigenvalue weighted by Crippen LogP contribution is 2.41. The number of halogens is 1. The first-order chi connectivity index (χ1) is 12.2. The van der Waals surface area contributed by atoms with Gasteiger partial charge in [-0.15, -0.1) is 0 Å². The van der Waals surface area contributed by atoms with Crippen LogP contribution in [0.15, 0.2) is 42.5 Å². The number of carbonyl (C=O) groups excluding carboxylic acids is 1. The lowest BCUT2D eigenvalue weighted by Gasteiger charge is -2.42. The number of benzene rings is 2. The molecule has 0 bridgehead atoms. The molecule has 7 nitrogen and oxygen atoms in total. The Bertz CT molecular complexity index is 866. The lowest BCUT2D eigenvalue weighted by Crippen LogP contribution is -2.53. The molecule has 0 aromatic heterocycles. The standard InChI is InChI=1S/C18H17FN2O5/c1-18(2)16(22)15(20-17(23)10-3-5-11(19)6-4-10)13-9-12(21(24)25)7-8-14(13)26-18/h3-9,15-16,22H,1-2H3,(H,20,23)/t15-,16-/m1/s1. The van der Waals surface area contributed by atoms with Crippen molar-refractivity contribution in [2.24, 2.45) is 0 Å². The number of non-ortho nitro benzene ring substituents is 1. The fourth-order valence-electron chi connectivity index (χ4n) is 2.88. The van der Waals surface area contributed by atoms with Crippen molar-refractivity contribution >= 4 is 11.6 Å². The minimum absolute atomic E-state index is 0.180. The molecule has 0 saturated heterocycles. The molecule has 136 valence electrons. The van der Waals surface area contributed by atoms with Crippen LogP contribution in [0, 0.1) is 15.9 Å². The van der Waals surface area contributed by atoms with Crippen LogP contribution in [-0.2, 0) is 0 Å². The highest BCUT2D eigenvalue weighted by molar-refractivity contribution is 5.94. The molecular formula is C18H17FN2O5. The van der Waals surface area contributed by atoms with Gasteiger partial charge in [-0.3, -0.25) is 14.9 Å². The Labute approximate surface area is 148 Å². The molecule has 2 N–H and O–H groups in total. The third-order valence-electron chi connectivity index (χ3n) is 4.33. The van der Waals surface area contributed by atoms with Crippen LogP contribution in [0.2, 0.25) is 0 Å². The Kier molecular flexibility index (Phi) is 4.37. The van der Waals surface area contributed by atoms with Gasteiger partial charge < -0.3 is 15.2 Å². The molecule has 2 aromatic rings. The summed E-state index contributed by atoms with van der Waals surface area (Å²) in [5.74, 6) is -0.672. The maximum absolute atomic E-state index is 13.0. The summed E-state index contributed by atoms with van der Waals surface area (Å²) in [5, 5.41) is 24.4. The molecule has 1 aliphatic heterocycles. The van der Waals surface area contributed by atoms with E-state index in [2.05, 4.69) is 5.32 Å². The van der Waals surface area contributed by atoms with E-state index in [4.69, 9.17) is 4.74 Å². The summed E-state index contributed by atoms with van der Waals surface area (Å²) in [6, 6.07) is 8.01. The van der Waals surface area contributed by atoms with Gasteiger partial charge in [0.1, 0.15) is 23.3 Å². The van der Waals surface area contributed by atoms with Crippen LogP contribution in [0.3, 0.4) is 0 Å². The first-order valence-corrected chi connectivity index (χ1v) is 7.91. The van der Waals surface area contributed by atoms with Gasteiger partial charge in [0, 0.05) is 23.3 Å². The van der Waals surface area contributed by atoms with Gasteiger partial charge in [0.25, 0.3) is 11.6 Å². The molecule has 1 amide bonds. The van der Waals surface area contributed by atoms with E-state index in [1.54, 1.807) is 13.8 Å². The maximum Gasteiger partial charge on any atom is 0.270 e. The van der Waals surface area contributed by atoms with E-state index in [1.807, 2.05) is 0 Å². The van der Waals surface area contributed by atoms with Crippen molar-refractivity contribution in [2.45, 2.75) is 31.6 Å². The molecular weight excluding hydrogens is 343 g/mol. The zero-order valence-electron chi connectivity index (χ0n) is 14.1. The SMILES string of the molecule is CC1(C)Oc2ccc([N+](=O)[O-])cc2[C@@H](NC(=O)c2ccc(F)cc2)[C@H]1O. The number of hydrogen-bond acceptors (Lipinski definition) is 5. The van der Waals surface area contributed by atoms with Crippen LogP contribution >= 0.6 is 0 Å². The normalized spacial score (nSPS) is 20.6. The van der Waals surface area contributed by atoms with E-state index in [0.717, 1.165) is 12.1 Å². The Morgan fingerprint density at radius 3 is 2.54 bits per heavy atom. The van der Waals surface area contributed by atoms with Crippen molar-refractivity contribution in [3.8, 4) is 5.75 Å². The molecule has 8 heteroatoms. The summed E-state index contributed by atoms with van der Waals surface area (Å²) in [4.78, 5) is 23.0. The van der Waals surface area contributed by atoms with Gasteiger partial charge in [0.2, 0.25) is 0 Å². The average molecular weight is 360 g/mol. The van der Waals surface area contributed by atoms with Crippen molar-refractivity contribution in [3.63, 3.8) is 0 Å². The van der Waals surface area contributed by atoms with E-state index in [1.165, 1.54) is 30.3 Å². The number of nitro groups is 1. The molecule has 1 aliphatic rings. The monoisotopic (exact) mass is 360 g/mol. The predicted octanol–water partition coefficient (Wildman–Crippen LogP) is 2.74. The van der Waals surface area contributed by atoms with E-state index < -0.39 is 34.4 Å². The molecule has 0 saturated carbocycles. The fourth-order valence-corrected chi connectivity index (χ4v) is 2.88. The Hall–Kier alpha value is -3.00. The first kappa shape index (κ1) is 17.8. The van der Waals surface area contributed by atoms with E-state index in [0.29, 0.717) is 11.3 Å². The Morgan fingerprint density at radius 2 is 1.92 bits per heavy atom. The summed E-state index contributed by atoms with van der Waals surface area (Å²) < 4.78 is 18.8. The number of aliphatic hydroxyl groups excluding tert-OH is 1. The zero-order chi connectivity index (χ0) is 19.1. The summed E-state index contributed by atoms with van der Waals surface area (Å²) in [7, 11) is 0. The van der Waals surface area contributed by atoms with Crippen LogP contribution in [0.25, 0.3) is 0 Å². The molecule has 3 rings (SSSR count). The summed E-state index contributed by atoms with van der Waals surface area (Å²) in [5.41, 5.74) is -0.694. The van der Waals surface area contributed by atoms with Gasteiger partial charge in [-0.2, -0.15) is 0 Å². The van der Waals surface area contributed by atoms with Crippen molar-refractivity contribution < 1.29 is 24.0 Å². The lowest BCUT2D eigenvalue weighted by molar-refractivity contribution is -0.385. The zero-order valence-corrected chi connectivity index (χ0v) is 14.1. The summed E-state index contributed by atoms with van der Waals surface area (Å²) >= 11 is 0. The van der Waals surface area contributed by atoms with Gasteiger partial charge in [-0.1, -0.05) is 0 Å². The number of carbonyl (C=O) groups is 1. The maximum atomic E-state index is 13.0. The molecule has 26 heavy (non-hydrogen) atoms. The number of fused-ring (bicyclic) bond motifs is 1. The van der Waals surface area contributed by atoms with Gasteiger partial charge in [-0.05, 0) is 44.2 Å². The van der Waals surface area contributed by atoms with Crippen molar-refractivity contribution in [1.82, 2.24) is 5.32 Å². The van der Waals surface area contributed by atoms with Crippen LogP contribution in [0.5, 0.6) is 5.75 Å². The van der Waals surface area contributed by atoms with Gasteiger partial charge in [-0.25, -0.2) is 4.39 Å². The second kappa shape index (κ2) is 6.38. The number of nitrogens with one attached hydrogen (secondary N) is 1.